The molecule has 78 valence electrons. The number of anilines is 1. The molecule has 1 aromatic rings. The SMILES string of the molecule is C=C/C(=C\C=C/C)c1cnc(N)c(C)n1. The molecule has 0 radical (unpaired) electrons. The molecule has 15 heavy (non-hydrogen) atoms. The van der Waals surface area contributed by atoms with E-state index in [9.17, 15) is 0 Å². The van der Waals surface area contributed by atoms with Gasteiger partial charge in [-0.1, -0.05) is 30.9 Å². The third kappa shape index (κ3) is 2.77. The summed E-state index contributed by atoms with van der Waals surface area (Å²) < 4.78 is 0. The van der Waals surface area contributed by atoms with Crippen LogP contribution in [0.5, 0.6) is 0 Å². The largest absolute Gasteiger partial charge is 0.382 e. The number of aryl methyl sites for hydroxylation is 1. The summed E-state index contributed by atoms with van der Waals surface area (Å²) in [4.78, 5) is 8.39. The minimum atomic E-state index is 0.466. The third-order valence-electron chi connectivity index (χ3n) is 1.97. The second kappa shape index (κ2) is 5.10. The van der Waals surface area contributed by atoms with Crippen LogP contribution >= 0.6 is 0 Å². The molecule has 0 atom stereocenters. The number of hydrogen-bond donors (Lipinski definition) is 1. The predicted octanol–water partition coefficient (Wildman–Crippen LogP) is 2.51. The summed E-state index contributed by atoms with van der Waals surface area (Å²) in [6.07, 6.45) is 9.22. The minimum absolute atomic E-state index is 0.466. The van der Waals surface area contributed by atoms with E-state index in [1.165, 1.54) is 0 Å². The molecule has 1 rings (SSSR count). The first-order valence-corrected chi connectivity index (χ1v) is 4.74. The molecule has 0 saturated heterocycles. The summed E-state index contributed by atoms with van der Waals surface area (Å²) in [5.41, 5.74) is 8.06. The van der Waals surface area contributed by atoms with Gasteiger partial charge in [-0.15, -0.1) is 0 Å². The van der Waals surface area contributed by atoms with Crippen LogP contribution in [0.4, 0.5) is 5.82 Å². The fourth-order valence-corrected chi connectivity index (χ4v) is 1.09. The minimum Gasteiger partial charge on any atom is -0.382 e. The highest BCUT2D eigenvalue weighted by Gasteiger charge is 2.02. The summed E-state index contributed by atoms with van der Waals surface area (Å²) >= 11 is 0. The van der Waals surface area contributed by atoms with Gasteiger partial charge in [0.1, 0.15) is 5.82 Å². The van der Waals surface area contributed by atoms with Crippen LogP contribution in [0.2, 0.25) is 0 Å². The molecule has 3 heteroatoms. The predicted molar refractivity (Wildman–Crippen MR) is 64.2 cm³/mol. The average molecular weight is 201 g/mol. The first kappa shape index (κ1) is 11.2. The molecule has 0 spiro atoms. The van der Waals surface area contributed by atoms with Gasteiger partial charge in [0.05, 0.1) is 17.6 Å². The Morgan fingerprint density at radius 2 is 2.27 bits per heavy atom. The summed E-state index contributed by atoms with van der Waals surface area (Å²) in [5, 5.41) is 0. The van der Waals surface area contributed by atoms with E-state index in [1.807, 2.05) is 32.1 Å². The van der Waals surface area contributed by atoms with Crippen LogP contribution in [0.15, 0.2) is 37.1 Å². The van der Waals surface area contributed by atoms with Gasteiger partial charge in [-0.25, -0.2) is 9.97 Å². The van der Waals surface area contributed by atoms with E-state index in [0.717, 1.165) is 17.0 Å². The molecule has 0 aliphatic carbocycles. The number of nitrogen functional groups attached to an aromatic ring is 1. The van der Waals surface area contributed by atoms with Crippen molar-refractivity contribution in [2.75, 3.05) is 5.73 Å². The standard InChI is InChI=1S/C12H15N3/c1-4-6-7-10(5-2)11-8-14-12(13)9(3)15-11/h4-8H,2H2,1,3H3,(H2,13,14)/b6-4-,10-7+. The Bertz CT molecular complexity index is 417. The topological polar surface area (TPSA) is 51.8 Å². The van der Waals surface area contributed by atoms with Gasteiger partial charge in [-0.3, -0.25) is 0 Å². The van der Waals surface area contributed by atoms with Crippen LogP contribution in [-0.2, 0) is 0 Å². The maximum Gasteiger partial charge on any atom is 0.144 e. The Balaban J connectivity index is 3.13. The highest BCUT2D eigenvalue weighted by molar-refractivity contribution is 5.72. The highest BCUT2D eigenvalue weighted by atomic mass is 14.9. The van der Waals surface area contributed by atoms with Gasteiger partial charge in [-0.2, -0.15) is 0 Å². The van der Waals surface area contributed by atoms with Gasteiger partial charge < -0.3 is 5.73 Å². The van der Waals surface area contributed by atoms with E-state index in [1.54, 1.807) is 12.3 Å². The van der Waals surface area contributed by atoms with Crippen molar-refractivity contribution in [1.82, 2.24) is 9.97 Å². The molecular weight excluding hydrogens is 186 g/mol. The van der Waals surface area contributed by atoms with Crippen LogP contribution < -0.4 is 5.73 Å². The molecular formula is C12H15N3. The van der Waals surface area contributed by atoms with E-state index in [-0.39, 0.29) is 0 Å². The molecule has 3 nitrogen and oxygen atoms in total. The zero-order valence-corrected chi connectivity index (χ0v) is 9.07. The van der Waals surface area contributed by atoms with Gasteiger partial charge in [0.25, 0.3) is 0 Å². The Morgan fingerprint density at radius 3 is 2.80 bits per heavy atom. The van der Waals surface area contributed by atoms with Gasteiger partial charge >= 0.3 is 0 Å². The lowest BCUT2D eigenvalue weighted by molar-refractivity contribution is 1.11. The molecule has 1 heterocycles. The first-order chi connectivity index (χ1) is 7.19. The van der Waals surface area contributed by atoms with E-state index < -0.39 is 0 Å². The van der Waals surface area contributed by atoms with E-state index in [2.05, 4.69) is 16.5 Å². The van der Waals surface area contributed by atoms with Crippen molar-refractivity contribution in [2.45, 2.75) is 13.8 Å². The zero-order chi connectivity index (χ0) is 11.3. The fourth-order valence-electron chi connectivity index (χ4n) is 1.09. The number of allylic oxidation sites excluding steroid dienone is 5. The molecule has 0 amide bonds. The van der Waals surface area contributed by atoms with Crippen molar-refractivity contribution in [3.05, 3.63) is 48.5 Å². The molecule has 2 N–H and O–H groups in total. The van der Waals surface area contributed by atoms with Gasteiger partial charge in [0.2, 0.25) is 0 Å². The second-order valence-electron chi connectivity index (χ2n) is 3.08. The number of hydrogen-bond acceptors (Lipinski definition) is 3. The van der Waals surface area contributed by atoms with Crippen molar-refractivity contribution in [2.24, 2.45) is 0 Å². The van der Waals surface area contributed by atoms with Crippen molar-refractivity contribution >= 4 is 11.4 Å². The maximum absolute atomic E-state index is 5.60. The lowest BCUT2D eigenvalue weighted by atomic mass is 10.1. The normalized spacial score (nSPS) is 12.0. The maximum atomic E-state index is 5.60. The quantitative estimate of drug-likeness (QED) is 0.764. The molecule has 0 aliphatic heterocycles. The monoisotopic (exact) mass is 201 g/mol. The van der Waals surface area contributed by atoms with Crippen molar-refractivity contribution in [1.29, 1.82) is 0 Å². The molecule has 0 aromatic carbocycles. The Kier molecular flexibility index (Phi) is 3.80. The van der Waals surface area contributed by atoms with Gasteiger partial charge in [0.15, 0.2) is 0 Å². The summed E-state index contributed by atoms with van der Waals surface area (Å²) in [6, 6.07) is 0. The van der Waals surface area contributed by atoms with Crippen LogP contribution in [0.1, 0.15) is 18.3 Å². The molecule has 0 unspecified atom stereocenters. The smallest absolute Gasteiger partial charge is 0.144 e. The van der Waals surface area contributed by atoms with Crippen LogP contribution in [0.3, 0.4) is 0 Å². The fraction of sp³-hybridized carbons (Fsp3) is 0.167. The summed E-state index contributed by atoms with van der Waals surface area (Å²) in [6.45, 7) is 7.53. The second-order valence-corrected chi connectivity index (χ2v) is 3.08. The van der Waals surface area contributed by atoms with Crippen LogP contribution in [0.25, 0.3) is 5.57 Å². The summed E-state index contributed by atoms with van der Waals surface area (Å²) in [7, 11) is 0. The number of aromatic nitrogens is 2. The Hall–Kier alpha value is -1.90. The molecule has 0 aliphatic rings. The van der Waals surface area contributed by atoms with Crippen LogP contribution in [-0.4, -0.2) is 9.97 Å². The Morgan fingerprint density at radius 1 is 1.53 bits per heavy atom. The molecule has 0 bridgehead atoms. The molecule has 0 fully saturated rings. The van der Waals surface area contributed by atoms with Gasteiger partial charge in [0, 0.05) is 5.57 Å². The van der Waals surface area contributed by atoms with Crippen LogP contribution in [0, 0.1) is 6.92 Å². The number of rotatable bonds is 3. The number of nitrogens with two attached hydrogens (primary N) is 1. The summed E-state index contributed by atoms with van der Waals surface area (Å²) in [5.74, 6) is 0.466. The van der Waals surface area contributed by atoms with E-state index in [0.29, 0.717) is 5.82 Å². The number of nitrogens with zero attached hydrogens (tertiary/aromatic N) is 2. The first-order valence-electron chi connectivity index (χ1n) is 4.74. The lowest BCUT2D eigenvalue weighted by Gasteiger charge is -2.03. The van der Waals surface area contributed by atoms with E-state index >= 15 is 0 Å². The zero-order valence-electron chi connectivity index (χ0n) is 9.07. The third-order valence-corrected chi connectivity index (χ3v) is 1.97. The molecule has 0 saturated carbocycles. The molecule has 1 aromatic heterocycles. The highest BCUT2D eigenvalue weighted by Crippen LogP contribution is 2.14. The van der Waals surface area contributed by atoms with Crippen molar-refractivity contribution in [3.63, 3.8) is 0 Å². The lowest BCUT2D eigenvalue weighted by Crippen LogP contribution is -1.99. The van der Waals surface area contributed by atoms with E-state index in [4.69, 9.17) is 5.73 Å². The van der Waals surface area contributed by atoms with Crippen molar-refractivity contribution in [3.8, 4) is 0 Å². The van der Waals surface area contributed by atoms with Gasteiger partial charge in [-0.05, 0) is 13.8 Å². The van der Waals surface area contributed by atoms with Crippen molar-refractivity contribution < 1.29 is 0 Å². The Labute approximate surface area is 90.1 Å². The average Bonchev–Trinajstić information content (AvgIpc) is 2.24.